The number of carboxylic acid groups (broad SMARTS) is 1. The van der Waals surface area contributed by atoms with Gasteiger partial charge < -0.3 is 14.7 Å². The third kappa shape index (κ3) is 22.6. The van der Waals surface area contributed by atoms with Gasteiger partial charge in [-0.1, -0.05) is 121 Å². The summed E-state index contributed by atoms with van der Waals surface area (Å²) >= 11 is 0. The number of Topliss-reactive ketones (excluding diaryl/α,β-unsaturated/α-hetero) is 1. The Bertz CT molecular complexity index is 741. The minimum atomic E-state index is -1.18. The predicted octanol–water partition coefficient (Wildman–Crippen LogP) is 8.79. The molecule has 0 amide bonds. The van der Waals surface area contributed by atoms with E-state index < -0.39 is 11.7 Å². The highest BCUT2D eigenvalue weighted by Gasteiger charge is 2.18. The van der Waals surface area contributed by atoms with Crippen LogP contribution < -0.4 is 5.11 Å². The quantitative estimate of drug-likeness (QED) is 0.110. The fourth-order valence-corrected chi connectivity index (χ4v) is 4.89. The van der Waals surface area contributed by atoms with Crippen LogP contribution in [0.15, 0.2) is 24.3 Å². The van der Waals surface area contributed by atoms with E-state index in [1.807, 2.05) is 0 Å². The third-order valence-electron chi connectivity index (χ3n) is 7.39. The van der Waals surface area contributed by atoms with Crippen molar-refractivity contribution in [3.05, 3.63) is 29.8 Å². The number of carboxylic acids is 1. The van der Waals surface area contributed by atoms with Crippen LogP contribution in [-0.4, -0.2) is 49.0 Å². The van der Waals surface area contributed by atoms with Gasteiger partial charge in [0.25, 0.3) is 0 Å². The van der Waals surface area contributed by atoms with E-state index in [9.17, 15) is 14.7 Å². The lowest BCUT2D eigenvalue weighted by molar-refractivity contribution is -0.870. The molecular weight excluding hydrogens is 486 g/mol. The average Bonchev–Trinajstić information content (AvgIpc) is 2.88. The standard InChI is InChI=1S/C27H56NO.C7H6O3/c1-6-8-10-12-13-14-15-17-18-22-26(23-20-21-25-28(3,4)5)27(29)24-19-16-11-9-7-2;8-6-4-2-1-3-5(6)7(9)10/h26H,6-25H2,1-5H3;1-4,8H,(H,9,10)/q+1;/p-1. The molecule has 1 aromatic rings. The van der Waals surface area contributed by atoms with Crippen LogP contribution in [0.1, 0.15) is 146 Å². The molecule has 1 atom stereocenters. The summed E-state index contributed by atoms with van der Waals surface area (Å²) in [5, 5.41) is 19.0. The van der Waals surface area contributed by atoms with Gasteiger partial charge in [0.1, 0.15) is 5.78 Å². The van der Waals surface area contributed by atoms with E-state index >= 15 is 0 Å². The normalized spacial score (nSPS) is 12.0. The highest BCUT2D eigenvalue weighted by Crippen LogP contribution is 2.22. The van der Waals surface area contributed by atoms with Gasteiger partial charge >= 0.3 is 5.97 Å². The minimum absolute atomic E-state index is 0.178. The lowest BCUT2D eigenvalue weighted by Crippen LogP contribution is -2.35. The molecular formula is C34H61NO4. The van der Waals surface area contributed by atoms with Crippen LogP contribution in [0, 0.1) is 5.92 Å². The fourth-order valence-electron chi connectivity index (χ4n) is 4.89. The molecule has 0 radical (unpaired) electrons. The maximum absolute atomic E-state index is 12.8. The average molecular weight is 548 g/mol. The SMILES string of the molecule is CCCCCCCCCCCC(CCCC[N+](C)(C)C)C(=O)CCCCCCC.O=C(O)c1ccccc1[O-]. The van der Waals surface area contributed by atoms with Crippen molar-refractivity contribution >= 4 is 11.8 Å². The van der Waals surface area contributed by atoms with Crippen LogP contribution in [-0.2, 0) is 4.79 Å². The Labute approximate surface area is 241 Å². The molecule has 0 saturated carbocycles. The number of carbonyl (C=O) groups is 2. The zero-order chi connectivity index (χ0) is 29.4. The zero-order valence-corrected chi connectivity index (χ0v) is 26.1. The van der Waals surface area contributed by atoms with E-state index in [0.29, 0.717) is 11.7 Å². The zero-order valence-electron chi connectivity index (χ0n) is 26.1. The van der Waals surface area contributed by atoms with Gasteiger partial charge in [0.2, 0.25) is 0 Å². The van der Waals surface area contributed by atoms with Crippen molar-refractivity contribution in [1.82, 2.24) is 0 Å². The maximum Gasteiger partial charge on any atom is 0.335 e. The van der Waals surface area contributed by atoms with Crippen molar-refractivity contribution in [2.75, 3.05) is 27.7 Å². The number of rotatable bonds is 23. The summed E-state index contributed by atoms with van der Waals surface area (Å²) in [6, 6.07) is 5.54. The van der Waals surface area contributed by atoms with Crippen molar-refractivity contribution in [3.63, 3.8) is 0 Å². The van der Waals surface area contributed by atoms with E-state index in [0.717, 1.165) is 30.2 Å². The summed E-state index contributed by atoms with van der Waals surface area (Å²) in [4.78, 5) is 23.1. The van der Waals surface area contributed by atoms with Gasteiger partial charge in [0.05, 0.1) is 33.3 Å². The summed E-state index contributed by atoms with van der Waals surface area (Å²) in [6.07, 6.45) is 24.2. The van der Waals surface area contributed by atoms with E-state index in [1.165, 1.54) is 127 Å². The first-order valence-electron chi connectivity index (χ1n) is 15.9. The monoisotopic (exact) mass is 547 g/mol. The molecule has 0 aliphatic carbocycles. The summed E-state index contributed by atoms with van der Waals surface area (Å²) in [7, 11) is 6.80. The number of ketones is 1. The van der Waals surface area contributed by atoms with Crippen LogP contribution in [0.4, 0.5) is 0 Å². The van der Waals surface area contributed by atoms with Crippen LogP contribution in [0.2, 0.25) is 0 Å². The first-order valence-corrected chi connectivity index (χ1v) is 15.9. The number of para-hydroxylation sites is 1. The largest absolute Gasteiger partial charge is 0.872 e. The Kier molecular flexibility index (Phi) is 22.8. The van der Waals surface area contributed by atoms with Gasteiger partial charge in [-0.15, -0.1) is 0 Å². The predicted molar refractivity (Wildman–Crippen MR) is 163 cm³/mol. The molecule has 1 N–H and O–H groups in total. The molecule has 1 rings (SSSR count). The van der Waals surface area contributed by atoms with Gasteiger partial charge in [-0.25, -0.2) is 4.79 Å². The van der Waals surface area contributed by atoms with Crippen LogP contribution in [0.25, 0.3) is 0 Å². The number of hydrogen-bond acceptors (Lipinski definition) is 3. The van der Waals surface area contributed by atoms with E-state index in [-0.39, 0.29) is 5.56 Å². The van der Waals surface area contributed by atoms with Crippen molar-refractivity contribution in [3.8, 4) is 5.75 Å². The van der Waals surface area contributed by atoms with Crippen LogP contribution in [0.3, 0.4) is 0 Å². The molecule has 0 fully saturated rings. The summed E-state index contributed by atoms with van der Waals surface area (Å²) < 4.78 is 1.04. The van der Waals surface area contributed by atoms with Crippen molar-refractivity contribution in [1.29, 1.82) is 0 Å². The molecule has 39 heavy (non-hydrogen) atoms. The molecule has 0 heterocycles. The number of benzene rings is 1. The Balaban J connectivity index is 0.00000120. The second kappa shape index (κ2) is 24.0. The molecule has 0 aliphatic rings. The minimum Gasteiger partial charge on any atom is -0.872 e. The molecule has 1 aromatic carbocycles. The van der Waals surface area contributed by atoms with Gasteiger partial charge in [-0.2, -0.15) is 0 Å². The summed E-state index contributed by atoms with van der Waals surface area (Å²) in [5.74, 6) is -0.704. The topological polar surface area (TPSA) is 77.4 Å². The Morgan fingerprint density at radius 1 is 0.718 bits per heavy atom. The molecule has 1 unspecified atom stereocenters. The number of quaternary nitrogens is 1. The smallest absolute Gasteiger partial charge is 0.335 e. The number of carbonyl (C=O) groups excluding carboxylic acids is 1. The van der Waals surface area contributed by atoms with Crippen molar-refractivity contribution in [2.45, 2.75) is 136 Å². The molecule has 0 spiro atoms. The molecule has 0 bridgehead atoms. The van der Waals surface area contributed by atoms with Crippen molar-refractivity contribution in [2.24, 2.45) is 5.92 Å². The number of aromatic carboxylic acids is 1. The molecule has 5 nitrogen and oxygen atoms in total. The molecule has 0 aromatic heterocycles. The lowest BCUT2D eigenvalue weighted by atomic mass is 9.88. The number of nitrogens with zero attached hydrogens (tertiary/aromatic N) is 1. The molecule has 226 valence electrons. The second-order valence-corrected chi connectivity index (χ2v) is 12.3. The Morgan fingerprint density at radius 3 is 1.64 bits per heavy atom. The van der Waals surface area contributed by atoms with Gasteiger partial charge in [0.15, 0.2) is 0 Å². The number of hydrogen-bond donors (Lipinski definition) is 1. The summed E-state index contributed by atoms with van der Waals surface area (Å²) in [5.41, 5.74) is -0.178. The highest BCUT2D eigenvalue weighted by atomic mass is 16.4. The van der Waals surface area contributed by atoms with Crippen LogP contribution in [0.5, 0.6) is 5.75 Å². The van der Waals surface area contributed by atoms with Crippen LogP contribution >= 0.6 is 0 Å². The Hall–Kier alpha value is -1.88. The van der Waals surface area contributed by atoms with E-state index in [2.05, 4.69) is 35.0 Å². The molecule has 0 saturated heterocycles. The first-order chi connectivity index (χ1) is 18.6. The van der Waals surface area contributed by atoms with Crippen molar-refractivity contribution < 1.29 is 24.3 Å². The summed E-state index contributed by atoms with van der Waals surface area (Å²) in [6.45, 7) is 5.75. The Morgan fingerprint density at radius 2 is 1.18 bits per heavy atom. The molecule has 0 aliphatic heterocycles. The second-order valence-electron chi connectivity index (χ2n) is 12.3. The van der Waals surface area contributed by atoms with E-state index in [4.69, 9.17) is 5.11 Å². The van der Waals surface area contributed by atoms with E-state index in [1.54, 1.807) is 0 Å². The lowest BCUT2D eigenvalue weighted by Gasteiger charge is -2.24. The fraction of sp³-hybridized carbons (Fsp3) is 0.765. The van der Waals surface area contributed by atoms with Gasteiger partial charge in [-0.05, 0) is 38.2 Å². The van der Waals surface area contributed by atoms with Gasteiger partial charge in [0, 0.05) is 12.3 Å². The van der Waals surface area contributed by atoms with Gasteiger partial charge in [-0.3, -0.25) is 4.79 Å². The maximum atomic E-state index is 12.8. The third-order valence-corrected chi connectivity index (χ3v) is 7.39. The highest BCUT2D eigenvalue weighted by molar-refractivity contribution is 5.90. The molecule has 5 heteroatoms. The first kappa shape index (κ1) is 37.1. The number of unbranched alkanes of at least 4 members (excludes halogenated alkanes) is 13.